The summed E-state index contributed by atoms with van der Waals surface area (Å²) in [5.41, 5.74) is 5.96. The maximum absolute atomic E-state index is 13.4. The van der Waals surface area contributed by atoms with Gasteiger partial charge in [0.1, 0.15) is 23.7 Å². The number of aryl methyl sites for hydroxylation is 1. The molecule has 2 unspecified atom stereocenters. The smallest absolute Gasteiger partial charge is 0.267 e. The minimum atomic E-state index is -4.07. The Morgan fingerprint density at radius 1 is 1.28 bits per heavy atom. The van der Waals surface area contributed by atoms with Crippen molar-refractivity contribution >= 4 is 15.7 Å². The van der Waals surface area contributed by atoms with E-state index in [-0.39, 0.29) is 30.3 Å². The summed E-state index contributed by atoms with van der Waals surface area (Å²) in [5.74, 6) is -0.944. The van der Waals surface area contributed by atoms with E-state index in [1.54, 1.807) is 13.0 Å². The number of hydrogen-bond donors (Lipinski definition) is 3. The summed E-state index contributed by atoms with van der Waals surface area (Å²) in [4.78, 5) is 12.4. The summed E-state index contributed by atoms with van der Waals surface area (Å²) in [6.07, 6.45) is -0.0161. The number of nitrogens with one attached hydrogen (secondary N) is 1. The van der Waals surface area contributed by atoms with Crippen molar-refractivity contribution in [1.29, 1.82) is 0 Å². The molecule has 2 aromatic carbocycles. The summed E-state index contributed by atoms with van der Waals surface area (Å²) in [5, 5.41) is 7.88. The molecular weight excluding hydrogens is 439 g/mol. The first-order chi connectivity index (χ1) is 14.9. The van der Waals surface area contributed by atoms with E-state index in [9.17, 15) is 22.8 Å². The van der Waals surface area contributed by atoms with Gasteiger partial charge in [0.15, 0.2) is 9.84 Å². The molecule has 0 saturated carbocycles. The Bertz CT molecular complexity index is 1100. The first-order valence-electron chi connectivity index (χ1n) is 10.0. The molecule has 1 amide bonds. The van der Waals surface area contributed by atoms with Gasteiger partial charge in [-0.25, -0.2) is 18.3 Å². The predicted octanol–water partition coefficient (Wildman–Crippen LogP) is 2.26. The second-order valence-electron chi connectivity index (χ2n) is 8.32. The Morgan fingerprint density at radius 3 is 2.53 bits per heavy atom. The Balaban J connectivity index is 1.84. The Labute approximate surface area is 186 Å². The number of hydrogen-bond acceptors (Lipinski definition) is 7. The van der Waals surface area contributed by atoms with Crippen molar-refractivity contribution in [3.05, 3.63) is 59.4 Å². The van der Waals surface area contributed by atoms with Crippen molar-refractivity contribution in [3.8, 4) is 5.75 Å². The van der Waals surface area contributed by atoms with Crippen LogP contribution in [0.5, 0.6) is 5.75 Å². The Hall–Kier alpha value is -2.53. The molecule has 2 aromatic rings. The first kappa shape index (κ1) is 24.1. The van der Waals surface area contributed by atoms with Gasteiger partial charge in [-0.3, -0.25) is 10.0 Å². The van der Waals surface area contributed by atoms with Gasteiger partial charge in [0.25, 0.3) is 5.91 Å². The second-order valence-corrected chi connectivity index (χ2v) is 10.5. The molecule has 174 valence electrons. The van der Waals surface area contributed by atoms with Crippen LogP contribution in [0.3, 0.4) is 0 Å². The molecule has 1 saturated heterocycles. The standard InChI is InChI=1S/C22H27FN2O6S/c1-14-12-16(23)5-4-15(14)13-30-17-6-8-18(9-7-17)32(28,29)19-10-11-31-21(2,3)22(19,24)20(26)25-27/h4-9,12,19,27H,10-11,13,24H2,1-3H3,(H,25,26). The lowest BCUT2D eigenvalue weighted by atomic mass is 9.76. The van der Waals surface area contributed by atoms with Gasteiger partial charge in [0, 0.05) is 6.61 Å². The van der Waals surface area contributed by atoms with E-state index in [0.29, 0.717) is 5.75 Å². The number of hydroxylamine groups is 1. The topological polar surface area (TPSA) is 128 Å². The van der Waals surface area contributed by atoms with Crippen LogP contribution < -0.4 is 16.0 Å². The van der Waals surface area contributed by atoms with Crippen LogP contribution in [-0.4, -0.2) is 42.5 Å². The van der Waals surface area contributed by atoms with Gasteiger partial charge in [-0.1, -0.05) is 6.07 Å². The molecule has 3 rings (SSSR count). The zero-order valence-corrected chi connectivity index (χ0v) is 18.9. The van der Waals surface area contributed by atoms with Crippen molar-refractivity contribution in [2.24, 2.45) is 5.73 Å². The molecule has 8 nitrogen and oxygen atoms in total. The molecule has 1 aliphatic rings. The van der Waals surface area contributed by atoms with E-state index >= 15 is 0 Å². The average molecular weight is 467 g/mol. The maximum Gasteiger partial charge on any atom is 0.267 e. The fraction of sp³-hybridized carbons (Fsp3) is 0.409. The lowest BCUT2D eigenvalue weighted by molar-refractivity contribution is -0.157. The Kier molecular flexibility index (Phi) is 6.62. The number of nitrogens with two attached hydrogens (primary N) is 1. The van der Waals surface area contributed by atoms with E-state index < -0.39 is 32.1 Å². The van der Waals surface area contributed by atoms with Crippen LogP contribution in [0.1, 0.15) is 31.4 Å². The number of carbonyl (C=O) groups is 1. The molecule has 2 atom stereocenters. The maximum atomic E-state index is 13.4. The number of carbonyl (C=O) groups excluding carboxylic acids is 1. The monoisotopic (exact) mass is 466 g/mol. The van der Waals surface area contributed by atoms with Gasteiger partial charge in [-0.2, -0.15) is 0 Å². The molecule has 32 heavy (non-hydrogen) atoms. The molecule has 4 N–H and O–H groups in total. The molecule has 1 heterocycles. The van der Waals surface area contributed by atoms with Crippen LogP contribution in [0.25, 0.3) is 0 Å². The highest BCUT2D eigenvalue weighted by Crippen LogP contribution is 2.39. The van der Waals surface area contributed by atoms with E-state index in [0.717, 1.165) is 11.1 Å². The summed E-state index contributed by atoms with van der Waals surface area (Å²) in [7, 11) is -4.07. The van der Waals surface area contributed by atoms with Crippen LogP contribution in [0.2, 0.25) is 0 Å². The molecule has 0 aromatic heterocycles. The number of rotatable bonds is 6. The zero-order chi connectivity index (χ0) is 23.7. The molecule has 10 heteroatoms. The van der Waals surface area contributed by atoms with Gasteiger partial charge in [0.2, 0.25) is 0 Å². The Morgan fingerprint density at radius 2 is 1.94 bits per heavy atom. The molecule has 0 bridgehead atoms. The van der Waals surface area contributed by atoms with E-state index in [1.807, 2.05) is 0 Å². The third-order valence-corrected chi connectivity index (χ3v) is 8.34. The summed E-state index contributed by atoms with van der Waals surface area (Å²) < 4.78 is 51.3. The SMILES string of the molecule is Cc1cc(F)ccc1COc1ccc(S(=O)(=O)C2CCOC(C)(C)C2(N)C(=O)NO)cc1. The van der Waals surface area contributed by atoms with Gasteiger partial charge < -0.3 is 15.2 Å². The quantitative estimate of drug-likeness (QED) is 0.440. The molecule has 1 fully saturated rings. The van der Waals surface area contributed by atoms with Crippen molar-refractivity contribution in [1.82, 2.24) is 5.48 Å². The molecular formula is C22H27FN2O6S. The highest BCUT2D eigenvalue weighted by Gasteiger charge is 2.61. The lowest BCUT2D eigenvalue weighted by Crippen LogP contribution is -2.76. The number of ether oxygens (including phenoxy) is 2. The molecule has 0 aliphatic carbocycles. The summed E-state index contributed by atoms with van der Waals surface area (Å²) in [6.45, 7) is 5.08. The van der Waals surface area contributed by atoms with Crippen LogP contribution in [0.15, 0.2) is 47.4 Å². The fourth-order valence-corrected chi connectivity index (χ4v) is 6.07. The highest BCUT2D eigenvalue weighted by atomic mass is 32.2. The number of amides is 1. The fourth-order valence-electron chi connectivity index (χ4n) is 3.94. The van der Waals surface area contributed by atoms with Crippen molar-refractivity contribution < 1.29 is 32.3 Å². The number of sulfone groups is 1. The van der Waals surface area contributed by atoms with Crippen molar-refractivity contribution in [2.75, 3.05) is 6.61 Å². The van der Waals surface area contributed by atoms with E-state index in [4.69, 9.17) is 15.2 Å². The summed E-state index contributed by atoms with van der Waals surface area (Å²) in [6, 6.07) is 10.1. The number of halogens is 1. The summed E-state index contributed by atoms with van der Waals surface area (Å²) >= 11 is 0. The molecule has 0 radical (unpaired) electrons. The first-order valence-corrected chi connectivity index (χ1v) is 11.6. The zero-order valence-electron chi connectivity index (χ0n) is 18.1. The van der Waals surface area contributed by atoms with Crippen molar-refractivity contribution in [2.45, 2.75) is 55.1 Å². The minimum absolute atomic E-state index is 0.0161. The number of benzene rings is 2. The van der Waals surface area contributed by atoms with Crippen LogP contribution >= 0.6 is 0 Å². The van der Waals surface area contributed by atoms with Gasteiger partial charge in [0.05, 0.1) is 15.7 Å². The third-order valence-electron chi connectivity index (χ3n) is 6.05. The van der Waals surface area contributed by atoms with Gasteiger partial charge >= 0.3 is 0 Å². The highest BCUT2D eigenvalue weighted by molar-refractivity contribution is 7.92. The van der Waals surface area contributed by atoms with Crippen molar-refractivity contribution in [3.63, 3.8) is 0 Å². The third kappa shape index (κ3) is 4.23. The van der Waals surface area contributed by atoms with E-state index in [1.165, 1.54) is 55.7 Å². The van der Waals surface area contributed by atoms with Gasteiger partial charge in [-0.15, -0.1) is 0 Å². The molecule has 1 aliphatic heterocycles. The lowest BCUT2D eigenvalue weighted by Gasteiger charge is -2.49. The normalized spacial score (nSPS) is 22.9. The van der Waals surface area contributed by atoms with E-state index in [2.05, 4.69) is 0 Å². The largest absolute Gasteiger partial charge is 0.489 e. The average Bonchev–Trinajstić information content (AvgIpc) is 2.74. The predicted molar refractivity (Wildman–Crippen MR) is 114 cm³/mol. The van der Waals surface area contributed by atoms with Crippen LogP contribution in [0, 0.1) is 12.7 Å². The van der Waals surface area contributed by atoms with Crippen LogP contribution in [-0.2, 0) is 26.0 Å². The second kappa shape index (κ2) is 8.78. The van der Waals surface area contributed by atoms with Crippen LogP contribution in [0.4, 0.5) is 4.39 Å². The minimum Gasteiger partial charge on any atom is -0.489 e. The molecule has 0 spiro atoms. The van der Waals surface area contributed by atoms with Gasteiger partial charge in [-0.05, 0) is 74.7 Å².